The maximum absolute atomic E-state index is 11.6. The summed E-state index contributed by atoms with van der Waals surface area (Å²) in [5.74, 6) is -0.914. The number of carbonyl (C=O) groups excluding carboxylic acids is 1. The summed E-state index contributed by atoms with van der Waals surface area (Å²) >= 11 is 0. The molecule has 3 N–H and O–H groups in total. The van der Waals surface area contributed by atoms with Crippen molar-refractivity contribution in [1.82, 2.24) is 15.3 Å². The van der Waals surface area contributed by atoms with Gasteiger partial charge in [-0.3, -0.25) is 4.79 Å². The number of nitrogens with zero attached hydrogens (tertiary/aromatic N) is 2. The van der Waals surface area contributed by atoms with Crippen molar-refractivity contribution >= 4 is 17.7 Å². The van der Waals surface area contributed by atoms with Gasteiger partial charge in [0.15, 0.2) is 5.69 Å². The van der Waals surface area contributed by atoms with Gasteiger partial charge in [0.05, 0.1) is 12.4 Å². The number of carbonyl (C=O) groups is 2. The number of hydrogen-bond acceptors (Lipinski definition) is 5. The second kappa shape index (κ2) is 6.53. The van der Waals surface area contributed by atoms with Crippen molar-refractivity contribution in [2.75, 3.05) is 11.9 Å². The molecule has 0 fully saturated rings. The van der Waals surface area contributed by atoms with Crippen molar-refractivity contribution in [3.63, 3.8) is 0 Å². The Kier molecular flexibility index (Phi) is 5.04. The highest BCUT2D eigenvalue weighted by atomic mass is 16.4. The van der Waals surface area contributed by atoms with Crippen LogP contribution in [-0.4, -0.2) is 39.5 Å². The normalized spacial score (nSPS) is 11.7. The molecule has 1 atom stereocenters. The maximum Gasteiger partial charge on any atom is 0.356 e. The van der Waals surface area contributed by atoms with E-state index in [0.717, 1.165) is 12.6 Å². The molecule has 0 radical (unpaired) electrons. The van der Waals surface area contributed by atoms with Crippen molar-refractivity contribution in [2.45, 2.75) is 26.3 Å². The predicted molar refractivity (Wildman–Crippen MR) is 65.4 cm³/mol. The molecule has 0 saturated carbocycles. The van der Waals surface area contributed by atoms with Crippen LogP contribution in [0.1, 0.15) is 30.8 Å². The van der Waals surface area contributed by atoms with E-state index in [1.807, 2.05) is 6.92 Å². The summed E-state index contributed by atoms with van der Waals surface area (Å²) in [5, 5.41) is 14.2. The van der Waals surface area contributed by atoms with E-state index >= 15 is 0 Å². The fourth-order valence-corrected chi connectivity index (χ4v) is 1.20. The lowest BCUT2D eigenvalue weighted by Gasteiger charge is -2.13. The number of aromatic carboxylic acids is 1. The summed E-state index contributed by atoms with van der Waals surface area (Å²) in [7, 11) is 0. The van der Waals surface area contributed by atoms with Crippen molar-refractivity contribution in [1.29, 1.82) is 0 Å². The molecule has 1 unspecified atom stereocenters. The summed E-state index contributed by atoms with van der Waals surface area (Å²) in [6, 6.07) is -0.457. The average molecular weight is 252 g/mol. The number of carboxylic acids is 1. The fraction of sp³-hybridized carbons (Fsp3) is 0.455. The predicted octanol–water partition coefficient (Wildman–Crippen LogP) is 0.501. The Morgan fingerprint density at radius 2 is 2.11 bits per heavy atom. The van der Waals surface area contributed by atoms with Crippen LogP contribution in [0, 0.1) is 0 Å². The zero-order valence-corrected chi connectivity index (χ0v) is 10.3. The molecule has 0 aromatic carbocycles. The zero-order valence-electron chi connectivity index (χ0n) is 10.3. The molecule has 0 aliphatic carbocycles. The van der Waals surface area contributed by atoms with Gasteiger partial charge in [-0.1, -0.05) is 6.92 Å². The Morgan fingerprint density at radius 1 is 1.39 bits per heavy atom. The first-order valence-electron chi connectivity index (χ1n) is 5.64. The summed E-state index contributed by atoms with van der Waals surface area (Å²) < 4.78 is 0. The van der Waals surface area contributed by atoms with Crippen molar-refractivity contribution in [2.24, 2.45) is 0 Å². The van der Waals surface area contributed by atoms with Gasteiger partial charge in [-0.2, -0.15) is 0 Å². The van der Waals surface area contributed by atoms with E-state index in [-0.39, 0.29) is 11.6 Å². The van der Waals surface area contributed by atoms with Gasteiger partial charge in [0.2, 0.25) is 5.91 Å². The minimum absolute atomic E-state index is 0.136. The van der Waals surface area contributed by atoms with E-state index in [1.54, 1.807) is 6.92 Å². The molecule has 1 rings (SSSR count). The lowest BCUT2D eigenvalue weighted by Crippen LogP contribution is -2.38. The van der Waals surface area contributed by atoms with Crippen molar-refractivity contribution in [3.05, 3.63) is 18.1 Å². The van der Waals surface area contributed by atoms with Crippen LogP contribution in [0.3, 0.4) is 0 Å². The standard InChI is InChI=1S/C11H16N4O3/c1-3-4-12-10(16)7(2)15-9-6-13-8(5-14-9)11(17)18/h5-7H,3-4H2,1-2H3,(H,12,16)(H,14,15)(H,17,18). The van der Waals surface area contributed by atoms with Gasteiger partial charge in [0.1, 0.15) is 11.9 Å². The maximum atomic E-state index is 11.6. The van der Waals surface area contributed by atoms with Gasteiger partial charge in [0.25, 0.3) is 0 Å². The Bertz CT molecular complexity index is 419. The summed E-state index contributed by atoms with van der Waals surface area (Å²) in [6.07, 6.45) is 3.29. The number of nitrogens with one attached hydrogen (secondary N) is 2. The van der Waals surface area contributed by atoms with Crippen LogP contribution in [0.15, 0.2) is 12.4 Å². The Hall–Kier alpha value is -2.18. The molecule has 0 spiro atoms. The molecule has 1 heterocycles. The van der Waals surface area contributed by atoms with Crippen molar-refractivity contribution < 1.29 is 14.7 Å². The minimum Gasteiger partial charge on any atom is -0.476 e. The van der Waals surface area contributed by atoms with Crippen LogP contribution >= 0.6 is 0 Å². The SMILES string of the molecule is CCCNC(=O)C(C)Nc1cnc(C(=O)O)cn1. The average Bonchev–Trinajstić information content (AvgIpc) is 2.36. The molecule has 0 saturated heterocycles. The first-order valence-corrected chi connectivity index (χ1v) is 5.64. The highest BCUT2D eigenvalue weighted by Crippen LogP contribution is 2.03. The molecule has 7 heteroatoms. The number of amides is 1. The smallest absolute Gasteiger partial charge is 0.356 e. The molecule has 0 aliphatic rings. The van der Waals surface area contributed by atoms with E-state index in [2.05, 4.69) is 20.6 Å². The second-order valence-corrected chi connectivity index (χ2v) is 3.75. The van der Waals surface area contributed by atoms with Crippen LogP contribution in [0.2, 0.25) is 0 Å². The topological polar surface area (TPSA) is 104 Å². The van der Waals surface area contributed by atoms with E-state index in [1.165, 1.54) is 6.20 Å². The lowest BCUT2D eigenvalue weighted by molar-refractivity contribution is -0.121. The Labute approximate surface area is 105 Å². The molecule has 0 aliphatic heterocycles. The third kappa shape index (κ3) is 4.00. The lowest BCUT2D eigenvalue weighted by atomic mass is 10.3. The highest BCUT2D eigenvalue weighted by molar-refractivity contribution is 5.85. The molecular weight excluding hydrogens is 236 g/mol. The second-order valence-electron chi connectivity index (χ2n) is 3.75. The number of rotatable bonds is 6. The molecule has 98 valence electrons. The van der Waals surface area contributed by atoms with Gasteiger partial charge in [-0.25, -0.2) is 14.8 Å². The molecule has 1 amide bonds. The van der Waals surface area contributed by atoms with Gasteiger partial charge in [0, 0.05) is 6.54 Å². The van der Waals surface area contributed by atoms with E-state index < -0.39 is 12.0 Å². The Morgan fingerprint density at radius 3 is 2.61 bits per heavy atom. The third-order valence-electron chi connectivity index (χ3n) is 2.18. The van der Waals surface area contributed by atoms with Gasteiger partial charge in [-0.05, 0) is 13.3 Å². The Balaban J connectivity index is 2.56. The van der Waals surface area contributed by atoms with Crippen molar-refractivity contribution in [3.8, 4) is 0 Å². The van der Waals surface area contributed by atoms with Gasteiger partial charge < -0.3 is 15.7 Å². The van der Waals surface area contributed by atoms with Crippen LogP contribution in [0.5, 0.6) is 0 Å². The number of anilines is 1. The summed E-state index contributed by atoms with van der Waals surface area (Å²) in [4.78, 5) is 29.7. The molecule has 18 heavy (non-hydrogen) atoms. The zero-order chi connectivity index (χ0) is 13.5. The van der Waals surface area contributed by atoms with E-state index in [4.69, 9.17) is 5.11 Å². The van der Waals surface area contributed by atoms with Crippen LogP contribution in [-0.2, 0) is 4.79 Å². The van der Waals surface area contributed by atoms with Crippen LogP contribution in [0.4, 0.5) is 5.82 Å². The molecule has 7 nitrogen and oxygen atoms in total. The fourth-order valence-electron chi connectivity index (χ4n) is 1.20. The highest BCUT2D eigenvalue weighted by Gasteiger charge is 2.12. The van der Waals surface area contributed by atoms with E-state index in [0.29, 0.717) is 12.4 Å². The quantitative estimate of drug-likeness (QED) is 0.681. The third-order valence-corrected chi connectivity index (χ3v) is 2.18. The minimum atomic E-state index is -1.14. The monoisotopic (exact) mass is 252 g/mol. The van der Waals surface area contributed by atoms with Gasteiger partial charge in [-0.15, -0.1) is 0 Å². The van der Waals surface area contributed by atoms with Crippen LogP contribution < -0.4 is 10.6 Å². The summed E-state index contributed by atoms with van der Waals surface area (Å²) in [6.45, 7) is 4.28. The largest absolute Gasteiger partial charge is 0.476 e. The van der Waals surface area contributed by atoms with Crippen LogP contribution in [0.25, 0.3) is 0 Å². The first kappa shape index (κ1) is 13.9. The molecule has 0 bridgehead atoms. The molecule has 1 aromatic rings. The first-order chi connectivity index (χ1) is 8.54. The number of aromatic nitrogens is 2. The number of hydrogen-bond donors (Lipinski definition) is 3. The molecule has 1 aromatic heterocycles. The summed E-state index contributed by atoms with van der Waals surface area (Å²) in [5.41, 5.74) is -0.136. The van der Waals surface area contributed by atoms with Gasteiger partial charge >= 0.3 is 5.97 Å². The molecular formula is C11H16N4O3. The number of carboxylic acid groups (broad SMARTS) is 1. The van der Waals surface area contributed by atoms with E-state index in [9.17, 15) is 9.59 Å².